The molecule has 0 bridgehead atoms. The number of ether oxygens (including phenoxy) is 1. The Balaban J connectivity index is 1.27. The van der Waals surface area contributed by atoms with Gasteiger partial charge in [-0.1, -0.05) is 30.3 Å². The molecule has 6 nitrogen and oxygen atoms in total. The van der Waals surface area contributed by atoms with Crippen LogP contribution >= 0.6 is 0 Å². The Labute approximate surface area is 176 Å². The highest BCUT2D eigenvalue weighted by atomic mass is 16.5. The highest BCUT2D eigenvalue weighted by Crippen LogP contribution is 2.54. The molecule has 2 heterocycles. The van der Waals surface area contributed by atoms with Gasteiger partial charge in [-0.25, -0.2) is 4.98 Å². The van der Waals surface area contributed by atoms with Crippen LogP contribution in [0.25, 0.3) is 0 Å². The molecule has 30 heavy (non-hydrogen) atoms. The van der Waals surface area contributed by atoms with Gasteiger partial charge in [0.15, 0.2) is 0 Å². The molecule has 2 aromatic carbocycles. The second-order valence-corrected chi connectivity index (χ2v) is 7.85. The third-order valence-corrected chi connectivity index (χ3v) is 6.07. The first-order chi connectivity index (χ1) is 14.8. The molecule has 2 atom stereocenters. The van der Waals surface area contributed by atoms with Crippen LogP contribution in [-0.4, -0.2) is 38.3 Å². The number of anilines is 2. The summed E-state index contributed by atoms with van der Waals surface area (Å²) in [7, 11) is 1.68. The summed E-state index contributed by atoms with van der Waals surface area (Å²) in [4.78, 5) is 9.03. The van der Waals surface area contributed by atoms with Crippen molar-refractivity contribution in [3.8, 4) is 11.8 Å². The van der Waals surface area contributed by atoms with Gasteiger partial charge in [-0.2, -0.15) is 5.26 Å². The van der Waals surface area contributed by atoms with E-state index in [-0.39, 0.29) is 5.92 Å². The molecule has 0 spiro atoms. The number of oxazole rings is 1. The van der Waals surface area contributed by atoms with Gasteiger partial charge < -0.3 is 19.0 Å². The van der Waals surface area contributed by atoms with Crippen LogP contribution < -0.4 is 14.5 Å². The van der Waals surface area contributed by atoms with Crippen molar-refractivity contribution < 1.29 is 9.15 Å². The maximum Gasteiger partial charge on any atom is 0.234 e. The van der Waals surface area contributed by atoms with Crippen LogP contribution in [0.15, 0.2) is 59.0 Å². The zero-order valence-electron chi connectivity index (χ0n) is 17.0. The first kappa shape index (κ1) is 18.6. The molecule has 2 fully saturated rings. The number of benzene rings is 2. The molecule has 152 valence electrons. The molecule has 6 heteroatoms. The van der Waals surface area contributed by atoms with E-state index in [1.54, 1.807) is 7.11 Å². The smallest absolute Gasteiger partial charge is 0.234 e. The number of aromatic nitrogens is 1. The number of piperazine rings is 1. The lowest BCUT2D eigenvalue weighted by atomic mass is 10.1. The Morgan fingerprint density at radius 2 is 1.67 bits per heavy atom. The first-order valence-electron chi connectivity index (χ1n) is 10.4. The summed E-state index contributed by atoms with van der Waals surface area (Å²) in [5.74, 6) is 2.90. The van der Waals surface area contributed by atoms with E-state index in [2.05, 4.69) is 57.3 Å². The molecule has 3 aromatic rings. The summed E-state index contributed by atoms with van der Waals surface area (Å²) in [6, 6.07) is 20.8. The minimum atomic E-state index is 0.272. The van der Waals surface area contributed by atoms with Gasteiger partial charge in [-0.15, -0.1) is 0 Å². The van der Waals surface area contributed by atoms with Crippen molar-refractivity contribution in [2.24, 2.45) is 0 Å². The van der Waals surface area contributed by atoms with E-state index < -0.39 is 0 Å². The Morgan fingerprint density at radius 1 is 0.967 bits per heavy atom. The van der Waals surface area contributed by atoms with Gasteiger partial charge in [0.2, 0.25) is 17.5 Å². The lowest BCUT2D eigenvalue weighted by molar-refractivity contribution is 0.415. The summed E-state index contributed by atoms with van der Waals surface area (Å²) < 4.78 is 11.4. The standard InChI is InChI=1S/C24H24N4O2/c1-29-19-9-7-18(8-10-19)27-11-13-28(14-12-27)24-22(16-25)26-23(30-24)21-15-20(21)17-5-3-2-4-6-17/h2-10,20-21H,11-15H2,1H3/t20-,21+/m0/s1. The van der Waals surface area contributed by atoms with Gasteiger partial charge >= 0.3 is 0 Å². The number of nitriles is 1. The fraction of sp³-hybridized carbons (Fsp3) is 0.333. The molecule has 1 aliphatic carbocycles. The highest BCUT2D eigenvalue weighted by molar-refractivity contribution is 5.53. The second kappa shape index (κ2) is 7.75. The van der Waals surface area contributed by atoms with E-state index in [9.17, 15) is 5.26 Å². The summed E-state index contributed by atoms with van der Waals surface area (Å²) >= 11 is 0. The van der Waals surface area contributed by atoms with E-state index in [1.807, 2.05) is 18.2 Å². The summed E-state index contributed by atoms with van der Waals surface area (Å²) in [6.07, 6.45) is 1.03. The van der Waals surface area contributed by atoms with Crippen LogP contribution in [0.3, 0.4) is 0 Å². The Hall–Kier alpha value is -3.46. The predicted molar refractivity (Wildman–Crippen MR) is 115 cm³/mol. The van der Waals surface area contributed by atoms with Crippen molar-refractivity contribution in [3.63, 3.8) is 0 Å². The molecule has 0 radical (unpaired) electrons. The summed E-state index contributed by atoms with van der Waals surface area (Å²) in [6.45, 7) is 3.32. The molecule has 2 aliphatic rings. The zero-order chi connectivity index (χ0) is 20.5. The van der Waals surface area contributed by atoms with E-state index in [4.69, 9.17) is 9.15 Å². The van der Waals surface area contributed by atoms with E-state index in [1.165, 1.54) is 11.3 Å². The van der Waals surface area contributed by atoms with Crippen LogP contribution in [0.1, 0.15) is 35.4 Å². The topological polar surface area (TPSA) is 65.5 Å². The zero-order valence-corrected chi connectivity index (χ0v) is 17.0. The maximum atomic E-state index is 9.61. The molecule has 1 aromatic heterocycles. The Bertz CT molecular complexity index is 1050. The summed E-state index contributed by atoms with van der Waals surface area (Å²) in [5, 5.41) is 9.61. The van der Waals surface area contributed by atoms with Gasteiger partial charge in [0.05, 0.1) is 7.11 Å². The van der Waals surface area contributed by atoms with Crippen molar-refractivity contribution in [2.75, 3.05) is 43.1 Å². The normalized spacial score (nSPS) is 20.7. The number of rotatable bonds is 5. The third kappa shape index (κ3) is 3.48. The van der Waals surface area contributed by atoms with Crippen molar-refractivity contribution in [1.82, 2.24) is 4.98 Å². The SMILES string of the molecule is COc1ccc(N2CCN(c3oc([C@@H]4C[C@H]4c4ccccc4)nc3C#N)CC2)cc1. The number of methoxy groups -OCH3 is 1. The van der Waals surface area contributed by atoms with Gasteiger partial charge in [-0.3, -0.25) is 0 Å². The number of hydrogen-bond donors (Lipinski definition) is 0. The Kier molecular flexibility index (Phi) is 4.80. The van der Waals surface area contributed by atoms with Crippen LogP contribution in [0.4, 0.5) is 11.6 Å². The van der Waals surface area contributed by atoms with Crippen molar-refractivity contribution >= 4 is 11.6 Å². The molecule has 0 N–H and O–H groups in total. The van der Waals surface area contributed by atoms with Gasteiger partial charge in [-0.05, 0) is 42.2 Å². The minimum absolute atomic E-state index is 0.272. The fourth-order valence-corrected chi connectivity index (χ4v) is 4.27. The minimum Gasteiger partial charge on any atom is -0.497 e. The van der Waals surface area contributed by atoms with Gasteiger partial charge in [0.1, 0.15) is 11.8 Å². The van der Waals surface area contributed by atoms with E-state index in [0.717, 1.165) is 38.3 Å². The maximum absolute atomic E-state index is 9.61. The lowest BCUT2D eigenvalue weighted by Gasteiger charge is -2.35. The molecule has 0 unspecified atom stereocenters. The second-order valence-electron chi connectivity index (χ2n) is 7.85. The molecule has 0 amide bonds. The highest BCUT2D eigenvalue weighted by Gasteiger charge is 2.44. The number of nitrogens with zero attached hydrogens (tertiary/aromatic N) is 4. The predicted octanol–water partition coefficient (Wildman–Crippen LogP) is 4.15. The summed E-state index contributed by atoms with van der Waals surface area (Å²) in [5.41, 5.74) is 2.90. The molecule has 1 saturated carbocycles. The van der Waals surface area contributed by atoms with Crippen LogP contribution in [0.5, 0.6) is 5.75 Å². The quantitative estimate of drug-likeness (QED) is 0.641. The van der Waals surface area contributed by atoms with E-state index in [0.29, 0.717) is 23.4 Å². The average Bonchev–Trinajstić information content (AvgIpc) is 3.51. The molecule has 1 aliphatic heterocycles. The van der Waals surface area contributed by atoms with E-state index >= 15 is 0 Å². The molecular weight excluding hydrogens is 376 g/mol. The molecule has 1 saturated heterocycles. The molecule has 5 rings (SSSR count). The van der Waals surface area contributed by atoms with Gasteiger partial charge in [0.25, 0.3) is 0 Å². The Morgan fingerprint density at radius 3 is 2.33 bits per heavy atom. The first-order valence-corrected chi connectivity index (χ1v) is 10.4. The molecular formula is C24H24N4O2. The fourth-order valence-electron chi connectivity index (χ4n) is 4.27. The van der Waals surface area contributed by atoms with Crippen LogP contribution in [0, 0.1) is 11.3 Å². The van der Waals surface area contributed by atoms with Crippen LogP contribution in [-0.2, 0) is 0 Å². The largest absolute Gasteiger partial charge is 0.497 e. The van der Waals surface area contributed by atoms with Crippen molar-refractivity contribution in [3.05, 3.63) is 71.7 Å². The number of hydrogen-bond acceptors (Lipinski definition) is 6. The monoisotopic (exact) mass is 400 g/mol. The van der Waals surface area contributed by atoms with Crippen LogP contribution in [0.2, 0.25) is 0 Å². The average molecular weight is 400 g/mol. The van der Waals surface area contributed by atoms with Crippen molar-refractivity contribution in [1.29, 1.82) is 5.26 Å². The lowest BCUT2D eigenvalue weighted by Crippen LogP contribution is -2.46. The third-order valence-electron chi connectivity index (χ3n) is 6.07. The van der Waals surface area contributed by atoms with Gasteiger partial charge in [0, 0.05) is 37.8 Å². The van der Waals surface area contributed by atoms with Crippen molar-refractivity contribution in [2.45, 2.75) is 18.3 Å².